The maximum absolute atomic E-state index is 13.6. The first kappa shape index (κ1) is 24.2. The molecular formula is C24H26Cl2F3NO5. The summed E-state index contributed by atoms with van der Waals surface area (Å²) in [5.41, 5.74) is 0.709. The Balaban J connectivity index is 0.00000118. The molecule has 0 heterocycles. The molecule has 1 amide bonds. The number of benzene rings is 2. The Morgan fingerprint density at radius 2 is 1.69 bits per heavy atom. The molecule has 192 valence electrons. The zero-order valence-corrected chi connectivity index (χ0v) is 20.0. The number of nitrogens with one attached hydrogen (secondary N) is 1. The van der Waals surface area contributed by atoms with Crippen LogP contribution in [-0.2, 0) is 9.53 Å². The standard InChI is InChI=1S/C23H24Cl2F3NO2.CH2O3/c1-13(23(26,27)28)20(14-6-9-17(24)10-7-14)22(30)29-19-12-16(8-11-18(19)25)21(31-2)15-4-3-5-15;2-1(3)4/h6-13,15,20-21H,3-5H2,1-2H3,(H,29,30);(H2,2,3,4)/t13-,20+,21?;/m1./s1/i2D3;. The van der Waals surface area contributed by atoms with Crippen molar-refractivity contribution in [3.8, 4) is 0 Å². The number of alkyl halides is 3. The summed E-state index contributed by atoms with van der Waals surface area (Å²) in [7, 11) is -2.63. The third-order valence-corrected chi connectivity index (χ3v) is 6.39. The molecule has 6 nitrogen and oxygen atoms in total. The lowest BCUT2D eigenvalue weighted by molar-refractivity contribution is -0.178. The van der Waals surface area contributed by atoms with Gasteiger partial charge in [-0.05, 0) is 54.2 Å². The van der Waals surface area contributed by atoms with Crippen molar-refractivity contribution in [1.82, 2.24) is 0 Å². The van der Waals surface area contributed by atoms with Crippen molar-refractivity contribution in [2.45, 2.75) is 44.4 Å². The van der Waals surface area contributed by atoms with E-state index in [1.165, 1.54) is 36.4 Å². The largest absolute Gasteiger partial charge is 0.503 e. The summed E-state index contributed by atoms with van der Waals surface area (Å²) in [5.74, 6) is -4.46. The molecule has 1 saturated carbocycles. The molecule has 1 unspecified atom stereocenters. The number of halogens is 5. The molecule has 1 aliphatic carbocycles. The average molecular weight is 539 g/mol. The molecule has 0 bridgehead atoms. The number of ether oxygens (including phenoxy) is 1. The van der Waals surface area contributed by atoms with Gasteiger partial charge in [-0.3, -0.25) is 4.79 Å². The van der Waals surface area contributed by atoms with Gasteiger partial charge in [-0.25, -0.2) is 4.79 Å². The lowest BCUT2D eigenvalue weighted by atomic mass is 9.78. The normalized spacial score (nSPS) is 17.8. The first-order valence-electron chi connectivity index (χ1n) is 12.0. The molecule has 35 heavy (non-hydrogen) atoms. The van der Waals surface area contributed by atoms with Crippen LogP contribution in [0.2, 0.25) is 10.0 Å². The Labute approximate surface area is 215 Å². The molecule has 2 aromatic rings. The van der Waals surface area contributed by atoms with Crippen LogP contribution in [-0.4, -0.2) is 35.5 Å². The molecule has 0 radical (unpaired) electrons. The number of carboxylic acid groups (broad SMARTS) is 2. The zero-order valence-electron chi connectivity index (χ0n) is 21.5. The number of carbonyl (C=O) groups excluding carboxylic acids is 1. The lowest BCUT2D eigenvalue weighted by Gasteiger charge is -2.33. The Kier molecular flexibility index (Phi) is 8.62. The summed E-state index contributed by atoms with van der Waals surface area (Å²) in [6.45, 7) is 0.938. The molecule has 0 aromatic heterocycles. The van der Waals surface area contributed by atoms with Crippen molar-refractivity contribution in [2.24, 2.45) is 11.8 Å². The first-order valence-corrected chi connectivity index (χ1v) is 11.3. The molecule has 1 aliphatic rings. The summed E-state index contributed by atoms with van der Waals surface area (Å²) in [6.07, 6.45) is -4.70. The van der Waals surface area contributed by atoms with E-state index in [4.69, 9.17) is 47.1 Å². The summed E-state index contributed by atoms with van der Waals surface area (Å²) < 4.78 is 68.6. The smallest absolute Gasteiger partial charge is 0.450 e. The number of methoxy groups -OCH3 is 1. The van der Waals surface area contributed by atoms with Crippen LogP contribution in [0.25, 0.3) is 0 Å². The highest BCUT2D eigenvalue weighted by molar-refractivity contribution is 6.33. The first-order chi connectivity index (χ1) is 17.5. The van der Waals surface area contributed by atoms with Crippen LogP contribution < -0.4 is 5.32 Å². The minimum Gasteiger partial charge on any atom is -0.450 e. The van der Waals surface area contributed by atoms with Crippen molar-refractivity contribution in [2.75, 3.05) is 12.4 Å². The molecule has 11 heteroatoms. The van der Waals surface area contributed by atoms with Gasteiger partial charge in [0.15, 0.2) is 0 Å². The number of rotatable bonds is 7. The summed E-state index contributed by atoms with van der Waals surface area (Å²) in [5, 5.41) is 16.9. The fourth-order valence-electron chi connectivity index (χ4n) is 3.73. The quantitative estimate of drug-likeness (QED) is 0.336. The molecule has 0 saturated heterocycles. The summed E-state index contributed by atoms with van der Waals surface area (Å²) in [4.78, 5) is 21.7. The van der Waals surface area contributed by atoms with Crippen molar-refractivity contribution in [3.05, 3.63) is 63.6 Å². The zero-order chi connectivity index (χ0) is 28.8. The van der Waals surface area contributed by atoms with E-state index in [2.05, 4.69) is 5.32 Å². The van der Waals surface area contributed by atoms with Crippen molar-refractivity contribution < 1.29 is 41.8 Å². The van der Waals surface area contributed by atoms with Gasteiger partial charge in [-0.2, -0.15) is 13.2 Å². The highest BCUT2D eigenvalue weighted by atomic mass is 35.5. The summed E-state index contributed by atoms with van der Waals surface area (Å²) in [6, 6.07) is 10.1. The van der Waals surface area contributed by atoms with Gasteiger partial charge in [0.25, 0.3) is 0 Å². The number of amides is 1. The lowest BCUT2D eigenvalue weighted by Crippen LogP contribution is -2.34. The SMILES string of the molecule is O=C(O)O.[2H]C([2H])([2H])OC(c1ccc(Cl)c(NC(=O)[C@H](c2ccc(Cl)cc2)[C@@H](C)C(F)(F)F)c1)C1CCC1. The topological polar surface area (TPSA) is 95.9 Å². The molecule has 2 aromatic carbocycles. The summed E-state index contributed by atoms with van der Waals surface area (Å²) >= 11 is 12.1. The fourth-order valence-corrected chi connectivity index (χ4v) is 4.02. The highest BCUT2D eigenvalue weighted by Crippen LogP contribution is 2.42. The van der Waals surface area contributed by atoms with E-state index in [0.717, 1.165) is 26.2 Å². The molecular weight excluding hydrogens is 510 g/mol. The second-order valence-corrected chi connectivity index (χ2v) is 8.94. The van der Waals surface area contributed by atoms with Crippen LogP contribution in [0.4, 0.5) is 23.7 Å². The van der Waals surface area contributed by atoms with E-state index in [9.17, 15) is 18.0 Å². The monoisotopic (exact) mass is 538 g/mol. The molecule has 3 rings (SSSR count). The second kappa shape index (κ2) is 12.5. The van der Waals surface area contributed by atoms with Gasteiger partial charge in [-0.1, -0.05) is 54.7 Å². The highest BCUT2D eigenvalue weighted by Gasteiger charge is 2.45. The molecule has 3 N–H and O–H groups in total. The van der Waals surface area contributed by atoms with E-state index < -0.39 is 43.2 Å². The predicted molar refractivity (Wildman–Crippen MR) is 127 cm³/mol. The van der Waals surface area contributed by atoms with E-state index in [1.807, 2.05) is 0 Å². The molecule has 3 atom stereocenters. The van der Waals surface area contributed by atoms with Crippen molar-refractivity contribution in [1.29, 1.82) is 0 Å². The van der Waals surface area contributed by atoms with Crippen molar-refractivity contribution >= 4 is 41.0 Å². The van der Waals surface area contributed by atoms with E-state index >= 15 is 0 Å². The van der Waals surface area contributed by atoms with Gasteiger partial charge in [0.2, 0.25) is 5.91 Å². The maximum Gasteiger partial charge on any atom is 0.503 e. The van der Waals surface area contributed by atoms with Gasteiger partial charge in [0, 0.05) is 12.1 Å². The number of hydrogen-bond donors (Lipinski definition) is 3. The minimum atomic E-state index is -4.63. The number of carbonyl (C=O) groups is 2. The van der Waals surface area contributed by atoms with E-state index in [-0.39, 0.29) is 22.2 Å². The predicted octanol–water partition coefficient (Wildman–Crippen LogP) is 7.62. The minimum absolute atomic E-state index is 0.0165. The van der Waals surface area contributed by atoms with Crippen LogP contribution in [0.5, 0.6) is 0 Å². The van der Waals surface area contributed by atoms with Crippen LogP contribution in [0.3, 0.4) is 0 Å². The number of hydrogen-bond acceptors (Lipinski definition) is 3. The fraction of sp³-hybridized carbons (Fsp3) is 0.417. The van der Waals surface area contributed by atoms with Crippen LogP contribution in [0, 0.1) is 11.8 Å². The second-order valence-electron chi connectivity index (χ2n) is 8.10. The van der Waals surface area contributed by atoms with Crippen LogP contribution in [0.1, 0.15) is 53.4 Å². The van der Waals surface area contributed by atoms with Crippen molar-refractivity contribution in [3.63, 3.8) is 0 Å². The third-order valence-electron chi connectivity index (χ3n) is 5.81. The number of anilines is 1. The Hall–Kier alpha value is -2.49. The Morgan fingerprint density at radius 1 is 1.11 bits per heavy atom. The molecule has 0 spiro atoms. The van der Waals surface area contributed by atoms with Gasteiger partial charge >= 0.3 is 12.3 Å². The van der Waals surface area contributed by atoms with Crippen LogP contribution >= 0.6 is 23.2 Å². The molecule has 1 fully saturated rings. The van der Waals surface area contributed by atoms with E-state index in [1.54, 1.807) is 6.07 Å². The van der Waals surface area contributed by atoms with Crippen LogP contribution in [0.15, 0.2) is 42.5 Å². The van der Waals surface area contributed by atoms with Gasteiger partial charge in [0.1, 0.15) is 0 Å². The average Bonchev–Trinajstić information content (AvgIpc) is 2.73. The van der Waals surface area contributed by atoms with Gasteiger partial charge in [0.05, 0.1) is 32.8 Å². The van der Waals surface area contributed by atoms with E-state index in [0.29, 0.717) is 10.6 Å². The Morgan fingerprint density at radius 3 is 2.17 bits per heavy atom. The maximum atomic E-state index is 13.6. The van der Waals surface area contributed by atoms with Gasteiger partial charge in [-0.15, -0.1) is 0 Å². The van der Waals surface area contributed by atoms with Gasteiger partial charge < -0.3 is 20.3 Å². The third kappa shape index (κ3) is 8.02. The molecule has 0 aliphatic heterocycles. The Bertz CT molecular complexity index is 1110.